The van der Waals surface area contributed by atoms with Gasteiger partial charge in [-0.1, -0.05) is 83.7 Å². The van der Waals surface area contributed by atoms with Crippen LogP contribution in [-0.4, -0.2) is 280 Å². The van der Waals surface area contributed by atoms with Crippen molar-refractivity contribution in [3.8, 4) is 0 Å². The highest BCUT2D eigenvalue weighted by Gasteiger charge is 2.42. The monoisotopic (exact) mass is 1720 g/mol. The Kier molecular flexibility index (Phi) is 47.8. The van der Waals surface area contributed by atoms with Crippen molar-refractivity contribution in [2.75, 3.05) is 57.4 Å². The molecule has 0 heterocycles. The summed E-state index contributed by atoms with van der Waals surface area (Å²) in [5.41, 5.74) is 44.4. The number of carboxylic acids is 1. The number of aliphatic hydroxyl groups excluding tert-OH is 2. The van der Waals surface area contributed by atoms with Crippen LogP contribution in [0.1, 0.15) is 137 Å². The molecule has 32 N–H and O–H groups in total. The van der Waals surface area contributed by atoms with Crippen LogP contribution in [0, 0.1) is 11.8 Å². The maximum Gasteiger partial charge on any atom is 0.305 e. The molecule has 47 heteroatoms. The molecule has 1 saturated carbocycles. The summed E-state index contributed by atoms with van der Waals surface area (Å²) < 4.78 is 0. The first-order valence-corrected chi connectivity index (χ1v) is 40.0. The summed E-state index contributed by atoms with van der Waals surface area (Å²) in [5, 5.41) is 60.7. The summed E-state index contributed by atoms with van der Waals surface area (Å²) in [6.45, 7) is 5.82. The summed E-state index contributed by atoms with van der Waals surface area (Å²) in [4.78, 5) is 245. The first-order valence-electron chi connectivity index (χ1n) is 38.8. The second kappa shape index (κ2) is 54.7. The third-order valence-electron chi connectivity index (χ3n) is 18.7. The van der Waals surface area contributed by atoms with Crippen molar-refractivity contribution in [3.63, 3.8) is 0 Å². The van der Waals surface area contributed by atoms with Crippen molar-refractivity contribution < 1.29 is 96.8 Å². The number of nitrogens with one attached hydrogen (secondary N) is 13. The Morgan fingerprint density at radius 2 is 0.933 bits per heavy atom. The molecule has 1 fully saturated rings. The van der Waals surface area contributed by atoms with Gasteiger partial charge < -0.3 is 135 Å². The Morgan fingerprint density at radius 3 is 1.45 bits per heavy atom. The molecule has 0 spiro atoms. The fourth-order valence-electron chi connectivity index (χ4n) is 12.0. The molecule has 0 bridgehead atoms. The maximum atomic E-state index is 14.9. The molecule has 1 aromatic carbocycles. The van der Waals surface area contributed by atoms with Crippen molar-refractivity contribution in [3.05, 3.63) is 35.9 Å². The van der Waals surface area contributed by atoms with Crippen molar-refractivity contribution >= 4 is 143 Å². The summed E-state index contributed by atoms with van der Waals surface area (Å²) in [5.74, 6) is -20.4. The number of thiol groups is 2. The number of aliphatic imine (C=N–C) groups is 3. The minimum absolute atomic E-state index is 0.0218. The molecule has 0 radical (unpaired) electrons. The van der Waals surface area contributed by atoms with E-state index in [0.717, 1.165) is 6.42 Å². The number of ketones is 1. The van der Waals surface area contributed by atoms with Gasteiger partial charge in [0.15, 0.2) is 17.9 Å². The largest absolute Gasteiger partial charge is 0.481 e. The lowest BCUT2D eigenvalue weighted by Crippen LogP contribution is -2.63. The number of aliphatic carboxylic acids is 1. The predicted octanol–water partition coefficient (Wildman–Crippen LogP) is -9.68. The zero-order valence-electron chi connectivity index (χ0n) is 67.7. The molecule has 0 aromatic heterocycles. The number of nitrogens with zero attached hydrogens (tertiary/aromatic N) is 4. The molecule has 1 aliphatic rings. The number of primary amides is 1. The van der Waals surface area contributed by atoms with Crippen LogP contribution in [0.25, 0.3) is 0 Å². The minimum Gasteiger partial charge on any atom is -0.481 e. The van der Waals surface area contributed by atoms with Crippen molar-refractivity contribution in [2.24, 2.45) is 72.7 Å². The average molecular weight is 1720 g/mol. The second-order valence-corrected chi connectivity index (χ2v) is 29.5. The van der Waals surface area contributed by atoms with E-state index in [0.29, 0.717) is 31.2 Å². The van der Waals surface area contributed by atoms with Gasteiger partial charge in [-0.25, -0.2) is 0 Å². The van der Waals surface area contributed by atoms with Gasteiger partial charge in [0.2, 0.25) is 88.5 Å². The van der Waals surface area contributed by atoms with Gasteiger partial charge >= 0.3 is 5.97 Å². The van der Waals surface area contributed by atoms with Gasteiger partial charge in [-0.3, -0.25) is 96.5 Å². The molecule has 2 rings (SSSR count). The number of carboxylic acid groups (broad SMARTS) is 1. The Labute approximate surface area is 699 Å². The van der Waals surface area contributed by atoms with Gasteiger partial charge in [-0.15, -0.1) is 0 Å². The SMILES string of the molecule is CC[C@H](C)[C@H](NC(=O)[C@H](CCCN=C(N)N)NC(=O)[C@H](CC(=O)O)NC(=O)[C@H](CC(C)C)NC(=O)[C@H](CCCN=C(N)N)NC(=O)CNC(=O)CNC(=O)[C@H](Cc1ccccc1)NC(=O)[C@@H](C)NC(=O)[C@H](CS)NC(=O)[C@H](CO)NC(=O)[C@@H](N)CO)C(=O)N[C@@H](CS)C(=O)N(C1CCCCC1)[C@@H](C)C(=O)N[C@@H](CCCN=C(N)N)C(=O)C(N)=O. The lowest BCUT2D eigenvalue weighted by molar-refractivity contribution is -0.147. The minimum atomic E-state index is -1.99. The number of carbonyl (C=O) groups excluding carboxylic acids is 16. The van der Waals surface area contributed by atoms with Crippen LogP contribution in [0.4, 0.5) is 0 Å². The van der Waals surface area contributed by atoms with Gasteiger partial charge in [0.1, 0.15) is 72.5 Å². The third kappa shape index (κ3) is 38.8. The molecule has 0 aliphatic heterocycles. The van der Waals surface area contributed by atoms with E-state index < -0.39 is 230 Å². The molecule has 15 amide bonds. The Bertz CT molecular complexity index is 3700. The molecule has 0 saturated heterocycles. The summed E-state index contributed by atoms with van der Waals surface area (Å²) in [7, 11) is 0. The lowest BCUT2D eigenvalue weighted by atomic mass is 9.92. The highest BCUT2D eigenvalue weighted by molar-refractivity contribution is 7.80. The summed E-state index contributed by atoms with van der Waals surface area (Å²) in [6, 6.07) is -12.0. The van der Waals surface area contributed by atoms with Crippen molar-refractivity contribution in [2.45, 2.75) is 222 Å². The fourth-order valence-corrected chi connectivity index (χ4v) is 12.5. The molecule has 1 aromatic rings. The maximum absolute atomic E-state index is 14.9. The van der Waals surface area contributed by atoms with E-state index in [2.05, 4.69) is 109 Å². The standard InChI is InChI=1S/C72H121N25O20S2/c1-7-37(4)55(68(116)95-51(35-119)69(117)97(41-19-12-9-13-20-41)39(6)59(107)88-43(56(104)57(74)105)21-14-24-81-70(75)76)96-63(111)45(23-16-26-83-72(79)80)89-65(113)48(29-54(102)103)92-64(112)46(27-36(2)3)91-62(110)44(22-15-25-82-71(77)78)87-53(101)31-84-52(100)30-85-61(109)47(28-40-17-10-8-11-18-40)90-58(106)38(5)86-67(115)50(34-118)94-66(114)49(33-99)93-60(108)42(73)32-98/h8,10-11,17-18,36-39,41-51,55,98-99,118-119H,7,9,12-16,19-35,73H2,1-6H3,(H2,74,105)(H,84,100)(H,85,109)(H,86,115)(H,87,101)(H,88,107)(H,89,113)(H,90,106)(H,91,110)(H,92,112)(H,93,108)(H,94,114)(H,95,116)(H,96,111)(H,102,103)(H4,75,76,81)(H4,77,78,82)(H4,79,80,83)/t37-,38+,39-,42-,43-,44-,45-,46-,47-,48-,49-,50-,51-,55-/m0/s1. The van der Waals surface area contributed by atoms with Crippen LogP contribution in [0.15, 0.2) is 45.3 Å². The van der Waals surface area contributed by atoms with Crippen molar-refractivity contribution in [1.29, 1.82) is 0 Å². The van der Waals surface area contributed by atoms with E-state index in [4.69, 9.17) is 45.9 Å². The number of guanidine groups is 3. The molecule has 666 valence electrons. The number of Topliss-reactive ketones (excluding diaryl/α,β-unsaturated/α-hetero) is 1. The van der Waals surface area contributed by atoms with Crippen LogP contribution >= 0.6 is 25.3 Å². The molecule has 1 aliphatic carbocycles. The van der Waals surface area contributed by atoms with E-state index in [1.807, 2.05) is 0 Å². The highest BCUT2D eigenvalue weighted by atomic mass is 32.1. The average Bonchev–Trinajstić information content (AvgIpc) is 0.811. The quantitative estimate of drug-likeness (QED) is 0.00947. The number of rotatable bonds is 55. The predicted molar refractivity (Wildman–Crippen MR) is 441 cm³/mol. The topological polar surface area (TPSA) is 756 Å². The van der Waals surface area contributed by atoms with Gasteiger partial charge in [-0.05, 0) is 89.0 Å². The number of nitrogens with two attached hydrogens (primary N) is 8. The van der Waals surface area contributed by atoms with Crippen molar-refractivity contribution in [1.82, 2.24) is 74.0 Å². The summed E-state index contributed by atoms with van der Waals surface area (Å²) in [6.07, 6.45) is 1.38. The van der Waals surface area contributed by atoms with Gasteiger partial charge in [0, 0.05) is 43.6 Å². The zero-order valence-corrected chi connectivity index (χ0v) is 69.5. The number of carbonyl (C=O) groups is 17. The van der Waals surface area contributed by atoms with Crippen LogP contribution in [0.5, 0.6) is 0 Å². The van der Waals surface area contributed by atoms with Gasteiger partial charge in [0.05, 0.1) is 38.8 Å². The van der Waals surface area contributed by atoms with Crippen LogP contribution in [-0.2, 0) is 87.9 Å². The molecular formula is C72H121N25O20S2. The lowest BCUT2D eigenvalue weighted by Gasteiger charge is -2.40. The van der Waals surface area contributed by atoms with Crippen LogP contribution in [0.3, 0.4) is 0 Å². The number of aliphatic hydroxyl groups is 2. The van der Waals surface area contributed by atoms with Crippen LogP contribution in [0.2, 0.25) is 0 Å². The number of hydrogen-bond donors (Lipinski definition) is 26. The van der Waals surface area contributed by atoms with E-state index in [1.54, 1.807) is 58.0 Å². The molecule has 45 nitrogen and oxygen atoms in total. The third-order valence-corrected chi connectivity index (χ3v) is 19.4. The Morgan fingerprint density at radius 1 is 0.479 bits per heavy atom. The molecule has 119 heavy (non-hydrogen) atoms. The van der Waals surface area contributed by atoms with E-state index in [9.17, 15) is 96.8 Å². The normalized spacial score (nSPS) is 15.4. The highest BCUT2D eigenvalue weighted by Crippen LogP contribution is 2.26. The number of amides is 15. The van der Waals surface area contributed by atoms with Gasteiger partial charge in [-0.2, -0.15) is 25.3 Å². The first kappa shape index (κ1) is 104. The molecule has 14 atom stereocenters. The number of hydrogen-bond acceptors (Lipinski definition) is 25. The van der Waals surface area contributed by atoms with E-state index >= 15 is 0 Å². The molecular weight excluding hydrogens is 1600 g/mol. The zero-order chi connectivity index (χ0) is 89.8. The summed E-state index contributed by atoms with van der Waals surface area (Å²) >= 11 is 8.51. The van der Waals surface area contributed by atoms with E-state index in [1.165, 1.54) is 18.7 Å². The van der Waals surface area contributed by atoms with Gasteiger partial charge in [0.25, 0.3) is 5.91 Å². The first-order chi connectivity index (χ1) is 56.1. The van der Waals surface area contributed by atoms with Crippen LogP contribution < -0.4 is 115 Å². The Balaban J connectivity index is 2.42. The smallest absolute Gasteiger partial charge is 0.305 e. The number of benzene rings is 1. The fraction of sp³-hybridized carbons (Fsp3) is 0.639. The Hall–Kier alpha value is -11.2. The van der Waals surface area contributed by atoms with E-state index in [-0.39, 0.29) is 107 Å². The second-order valence-electron chi connectivity index (χ2n) is 28.7. The molecule has 0 unspecified atom stereocenters.